The van der Waals surface area contributed by atoms with Crippen LogP contribution in [0, 0.1) is 0 Å². The maximum absolute atomic E-state index is 2.37. The highest BCUT2D eigenvalue weighted by molar-refractivity contribution is 5.64. The molecule has 0 amide bonds. The van der Waals surface area contributed by atoms with Gasteiger partial charge in [0, 0.05) is 5.92 Å². The van der Waals surface area contributed by atoms with Crippen LogP contribution >= 0.6 is 0 Å². The van der Waals surface area contributed by atoms with E-state index in [1.165, 1.54) is 40.7 Å². The average molecular weight is 302 g/mol. The molecule has 0 N–H and O–H groups in total. The van der Waals surface area contributed by atoms with Gasteiger partial charge in [0.2, 0.25) is 0 Å². The average Bonchev–Trinajstić information content (AvgIpc) is 2.63. The predicted octanol–water partition coefficient (Wildman–Crippen LogP) is 6.69. The zero-order chi connectivity index (χ0) is 16.1. The highest BCUT2D eigenvalue weighted by Gasteiger charge is 2.13. The Morgan fingerprint density at radius 3 is 2.09 bits per heavy atom. The summed E-state index contributed by atoms with van der Waals surface area (Å²) in [7, 11) is 0. The van der Waals surface area contributed by atoms with Crippen molar-refractivity contribution in [3.05, 3.63) is 83.5 Å². The molecule has 0 heterocycles. The predicted molar refractivity (Wildman–Crippen MR) is 101 cm³/mol. The summed E-state index contributed by atoms with van der Waals surface area (Å²) < 4.78 is 0. The van der Waals surface area contributed by atoms with Crippen LogP contribution in [0.25, 0.3) is 11.1 Å². The van der Waals surface area contributed by atoms with Crippen LogP contribution in [0.15, 0.2) is 72.3 Å². The SMILES string of the molecule is CC/C=C1\C=CC(c2ccc(-c3ccc(CC)cc3)cc2)CC1. The van der Waals surface area contributed by atoms with E-state index >= 15 is 0 Å². The third kappa shape index (κ3) is 3.82. The van der Waals surface area contributed by atoms with Gasteiger partial charge in [-0.25, -0.2) is 0 Å². The lowest BCUT2D eigenvalue weighted by atomic mass is 9.86. The second kappa shape index (κ2) is 7.46. The molecule has 0 nitrogen and oxygen atoms in total. The van der Waals surface area contributed by atoms with E-state index in [0.29, 0.717) is 5.92 Å². The minimum absolute atomic E-state index is 0.570. The molecule has 0 aromatic heterocycles. The van der Waals surface area contributed by atoms with Gasteiger partial charge in [-0.1, -0.05) is 86.2 Å². The summed E-state index contributed by atoms with van der Waals surface area (Å²) in [5.41, 5.74) is 6.94. The van der Waals surface area contributed by atoms with Gasteiger partial charge in [-0.3, -0.25) is 0 Å². The minimum Gasteiger partial charge on any atom is -0.0816 e. The molecule has 0 radical (unpaired) electrons. The van der Waals surface area contributed by atoms with Gasteiger partial charge in [-0.2, -0.15) is 0 Å². The topological polar surface area (TPSA) is 0 Å². The minimum atomic E-state index is 0.570. The number of allylic oxidation sites excluding steroid dienone is 4. The van der Waals surface area contributed by atoms with E-state index in [2.05, 4.69) is 80.6 Å². The Kier molecular flexibility index (Phi) is 5.12. The van der Waals surface area contributed by atoms with Gasteiger partial charge in [0.05, 0.1) is 0 Å². The van der Waals surface area contributed by atoms with Crippen molar-refractivity contribution in [3.8, 4) is 11.1 Å². The Labute approximate surface area is 140 Å². The number of benzene rings is 2. The van der Waals surface area contributed by atoms with Crippen molar-refractivity contribution in [1.29, 1.82) is 0 Å². The smallest absolute Gasteiger partial charge is 0.00243 e. The lowest BCUT2D eigenvalue weighted by Crippen LogP contribution is -2.01. The number of rotatable bonds is 4. The molecular weight excluding hydrogens is 276 g/mol. The van der Waals surface area contributed by atoms with E-state index in [4.69, 9.17) is 0 Å². The number of hydrogen-bond acceptors (Lipinski definition) is 0. The van der Waals surface area contributed by atoms with Gasteiger partial charge in [0.1, 0.15) is 0 Å². The van der Waals surface area contributed by atoms with Gasteiger partial charge in [0.25, 0.3) is 0 Å². The maximum atomic E-state index is 2.37. The molecule has 0 saturated heterocycles. The van der Waals surface area contributed by atoms with Gasteiger partial charge in [-0.05, 0) is 47.9 Å². The fourth-order valence-electron chi connectivity index (χ4n) is 3.31. The Morgan fingerprint density at radius 2 is 1.57 bits per heavy atom. The zero-order valence-corrected chi connectivity index (χ0v) is 14.3. The second-order valence-corrected chi connectivity index (χ2v) is 6.36. The molecule has 2 aromatic rings. The van der Waals surface area contributed by atoms with E-state index in [1.807, 2.05) is 0 Å². The molecule has 0 heteroatoms. The van der Waals surface area contributed by atoms with Crippen LogP contribution in [-0.4, -0.2) is 0 Å². The molecule has 118 valence electrons. The zero-order valence-electron chi connectivity index (χ0n) is 14.3. The van der Waals surface area contributed by atoms with Gasteiger partial charge >= 0.3 is 0 Å². The summed E-state index contributed by atoms with van der Waals surface area (Å²) >= 11 is 0. The molecule has 3 rings (SSSR count). The molecule has 1 aliphatic rings. The van der Waals surface area contributed by atoms with Crippen LogP contribution in [0.3, 0.4) is 0 Å². The lowest BCUT2D eigenvalue weighted by Gasteiger charge is -2.19. The van der Waals surface area contributed by atoms with E-state index in [0.717, 1.165) is 12.8 Å². The quantitative estimate of drug-likeness (QED) is 0.590. The van der Waals surface area contributed by atoms with E-state index < -0.39 is 0 Å². The molecule has 23 heavy (non-hydrogen) atoms. The Bertz CT molecular complexity index is 684. The van der Waals surface area contributed by atoms with E-state index in [9.17, 15) is 0 Å². The van der Waals surface area contributed by atoms with Crippen LogP contribution in [0.1, 0.15) is 50.2 Å². The highest BCUT2D eigenvalue weighted by atomic mass is 14.2. The normalized spacial score (nSPS) is 19.2. The Hall–Kier alpha value is -2.08. The van der Waals surface area contributed by atoms with Crippen LogP contribution in [0.2, 0.25) is 0 Å². The molecule has 0 bridgehead atoms. The molecule has 0 fully saturated rings. The van der Waals surface area contributed by atoms with Crippen LogP contribution in [0.4, 0.5) is 0 Å². The van der Waals surface area contributed by atoms with Crippen molar-refractivity contribution in [3.63, 3.8) is 0 Å². The first-order valence-corrected chi connectivity index (χ1v) is 8.86. The monoisotopic (exact) mass is 302 g/mol. The first-order valence-electron chi connectivity index (χ1n) is 8.86. The standard InChI is InChI=1S/C23H26/c1-3-5-19-8-12-21(13-9-19)23-16-14-22(15-17-23)20-10-6-18(4-2)7-11-20/h5-8,10-12,14-17,21H,3-4,9,13H2,1-2H3/b19-5+. The Balaban J connectivity index is 1.74. The van der Waals surface area contributed by atoms with Crippen LogP contribution in [-0.2, 0) is 6.42 Å². The number of aryl methyl sites for hydroxylation is 1. The van der Waals surface area contributed by atoms with Crippen molar-refractivity contribution >= 4 is 0 Å². The van der Waals surface area contributed by atoms with Crippen molar-refractivity contribution < 1.29 is 0 Å². The Morgan fingerprint density at radius 1 is 0.913 bits per heavy atom. The molecule has 0 aliphatic heterocycles. The summed E-state index contributed by atoms with van der Waals surface area (Å²) in [5, 5.41) is 0. The van der Waals surface area contributed by atoms with Gasteiger partial charge in [0.15, 0.2) is 0 Å². The molecule has 0 saturated carbocycles. The number of hydrogen-bond donors (Lipinski definition) is 0. The molecule has 1 aliphatic carbocycles. The van der Waals surface area contributed by atoms with Crippen molar-refractivity contribution in [2.75, 3.05) is 0 Å². The summed E-state index contributed by atoms with van der Waals surface area (Å²) in [5.74, 6) is 0.570. The third-order valence-electron chi connectivity index (χ3n) is 4.79. The van der Waals surface area contributed by atoms with Gasteiger partial charge < -0.3 is 0 Å². The third-order valence-corrected chi connectivity index (χ3v) is 4.79. The second-order valence-electron chi connectivity index (χ2n) is 6.36. The summed E-state index contributed by atoms with van der Waals surface area (Å²) in [4.78, 5) is 0. The fourth-order valence-corrected chi connectivity index (χ4v) is 3.31. The fraction of sp³-hybridized carbons (Fsp3) is 0.304. The van der Waals surface area contributed by atoms with Crippen LogP contribution < -0.4 is 0 Å². The summed E-state index contributed by atoms with van der Waals surface area (Å²) in [6.45, 7) is 4.40. The first-order chi connectivity index (χ1) is 11.3. The van der Waals surface area contributed by atoms with Crippen molar-refractivity contribution in [1.82, 2.24) is 0 Å². The van der Waals surface area contributed by atoms with Crippen molar-refractivity contribution in [2.24, 2.45) is 0 Å². The van der Waals surface area contributed by atoms with Gasteiger partial charge in [-0.15, -0.1) is 0 Å². The molecular formula is C23H26. The molecule has 1 atom stereocenters. The maximum Gasteiger partial charge on any atom is 0.00243 e. The van der Waals surface area contributed by atoms with Crippen LogP contribution in [0.5, 0.6) is 0 Å². The van der Waals surface area contributed by atoms with Crippen molar-refractivity contribution in [2.45, 2.75) is 45.4 Å². The molecule has 1 unspecified atom stereocenters. The summed E-state index contributed by atoms with van der Waals surface area (Å²) in [6.07, 6.45) is 11.7. The lowest BCUT2D eigenvalue weighted by molar-refractivity contribution is 0.715. The first kappa shape index (κ1) is 15.8. The van der Waals surface area contributed by atoms with E-state index in [-0.39, 0.29) is 0 Å². The highest BCUT2D eigenvalue weighted by Crippen LogP contribution is 2.31. The molecule has 0 spiro atoms. The largest absolute Gasteiger partial charge is 0.0816 e. The van der Waals surface area contributed by atoms with E-state index in [1.54, 1.807) is 0 Å². The molecule has 2 aromatic carbocycles. The summed E-state index contributed by atoms with van der Waals surface area (Å²) in [6, 6.07) is 18.1.